The Kier molecular flexibility index (Phi) is 4.86. The van der Waals surface area contributed by atoms with E-state index in [-0.39, 0.29) is 10.4 Å². The molecule has 0 saturated carbocycles. The lowest BCUT2D eigenvalue weighted by atomic mass is 10.0. The molecule has 30 heavy (non-hydrogen) atoms. The molecule has 0 atom stereocenters. The molecule has 0 aliphatic carbocycles. The molecule has 1 aromatic heterocycles. The Morgan fingerprint density at radius 2 is 1.50 bits per heavy atom. The van der Waals surface area contributed by atoms with E-state index in [1.807, 2.05) is 0 Å². The maximum Gasteiger partial charge on any atom is 0.418 e. The van der Waals surface area contributed by atoms with Crippen LogP contribution in [0, 0.1) is 0 Å². The SMILES string of the molecule is CS(=O)(=O)c1ccccc1-c1cccc(-c2ccc3cccc(C(F)(F)F)c3n2)c1. The van der Waals surface area contributed by atoms with Crippen LogP contribution in [-0.4, -0.2) is 19.7 Å². The number of halogens is 3. The molecule has 0 aliphatic heterocycles. The van der Waals surface area contributed by atoms with Gasteiger partial charge in [0.05, 0.1) is 21.7 Å². The van der Waals surface area contributed by atoms with Crippen LogP contribution in [0.3, 0.4) is 0 Å². The van der Waals surface area contributed by atoms with Gasteiger partial charge in [-0.2, -0.15) is 13.2 Å². The Morgan fingerprint density at radius 1 is 0.800 bits per heavy atom. The van der Waals surface area contributed by atoms with Crippen molar-refractivity contribution in [2.75, 3.05) is 6.26 Å². The number of pyridine rings is 1. The molecule has 0 aliphatic rings. The van der Waals surface area contributed by atoms with E-state index < -0.39 is 21.6 Å². The van der Waals surface area contributed by atoms with E-state index in [9.17, 15) is 21.6 Å². The number of aromatic nitrogens is 1. The molecule has 0 bridgehead atoms. The first-order valence-electron chi connectivity index (χ1n) is 9.01. The summed E-state index contributed by atoms with van der Waals surface area (Å²) in [5, 5.41) is 0.396. The number of benzene rings is 3. The fourth-order valence-electron chi connectivity index (χ4n) is 3.41. The van der Waals surface area contributed by atoms with E-state index >= 15 is 0 Å². The summed E-state index contributed by atoms with van der Waals surface area (Å²) in [7, 11) is -3.45. The summed E-state index contributed by atoms with van der Waals surface area (Å²) in [5.41, 5.74) is 1.22. The number of alkyl halides is 3. The highest BCUT2D eigenvalue weighted by Gasteiger charge is 2.33. The molecule has 3 aromatic carbocycles. The van der Waals surface area contributed by atoms with Crippen LogP contribution in [-0.2, 0) is 16.0 Å². The van der Waals surface area contributed by atoms with Crippen molar-refractivity contribution in [3.05, 3.63) is 84.4 Å². The monoisotopic (exact) mass is 427 g/mol. The number of rotatable bonds is 3. The Hall–Kier alpha value is -3.19. The number of hydrogen-bond donors (Lipinski definition) is 0. The van der Waals surface area contributed by atoms with Crippen molar-refractivity contribution >= 4 is 20.7 Å². The fourth-order valence-corrected chi connectivity index (χ4v) is 4.32. The molecular formula is C23H16F3NO2S. The van der Waals surface area contributed by atoms with Crippen molar-refractivity contribution in [3.63, 3.8) is 0 Å². The number of fused-ring (bicyclic) bond motifs is 1. The maximum atomic E-state index is 13.4. The zero-order chi connectivity index (χ0) is 21.5. The van der Waals surface area contributed by atoms with Crippen LogP contribution in [0.15, 0.2) is 83.8 Å². The first kappa shape index (κ1) is 20.1. The van der Waals surface area contributed by atoms with Crippen molar-refractivity contribution < 1.29 is 21.6 Å². The molecule has 1 heterocycles. The molecule has 0 fully saturated rings. The van der Waals surface area contributed by atoms with E-state index in [2.05, 4.69) is 4.98 Å². The first-order chi connectivity index (χ1) is 14.1. The standard InChI is InChI=1S/C23H16F3NO2S/c1-30(28,29)21-11-3-2-9-18(21)16-7-4-8-17(14-16)20-13-12-15-6-5-10-19(22(15)27-20)23(24,25)26/h2-14H,1H3. The van der Waals surface area contributed by atoms with E-state index in [0.29, 0.717) is 27.8 Å². The second-order valence-electron chi connectivity index (χ2n) is 6.92. The maximum absolute atomic E-state index is 13.4. The van der Waals surface area contributed by atoms with E-state index in [1.165, 1.54) is 12.1 Å². The van der Waals surface area contributed by atoms with Gasteiger partial charge in [0.25, 0.3) is 0 Å². The quantitative estimate of drug-likeness (QED) is 0.403. The predicted octanol–water partition coefficient (Wildman–Crippen LogP) is 5.99. The van der Waals surface area contributed by atoms with Crippen molar-refractivity contribution in [2.24, 2.45) is 0 Å². The third-order valence-corrected chi connectivity index (χ3v) is 5.94. The van der Waals surface area contributed by atoms with Gasteiger partial charge >= 0.3 is 6.18 Å². The molecule has 4 aromatic rings. The molecule has 0 saturated heterocycles. The average Bonchev–Trinajstić information content (AvgIpc) is 2.72. The number of hydrogen-bond acceptors (Lipinski definition) is 3. The van der Waals surface area contributed by atoms with Crippen LogP contribution in [0.4, 0.5) is 13.2 Å². The van der Waals surface area contributed by atoms with Crippen molar-refractivity contribution in [3.8, 4) is 22.4 Å². The Balaban J connectivity index is 1.88. The lowest BCUT2D eigenvalue weighted by Gasteiger charge is -2.12. The van der Waals surface area contributed by atoms with Crippen molar-refractivity contribution in [1.29, 1.82) is 0 Å². The third kappa shape index (κ3) is 3.80. The zero-order valence-electron chi connectivity index (χ0n) is 15.8. The third-order valence-electron chi connectivity index (χ3n) is 4.78. The van der Waals surface area contributed by atoms with Gasteiger partial charge in [-0.25, -0.2) is 13.4 Å². The van der Waals surface area contributed by atoms with Crippen LogP contribution in [0.2, 0.25) is 0 Å². The van der Waals surface area contributed by atoms with E-state index in [0.717, 1.165) is 12.3 Å². The summed E-state index contributed by atoms with van der Waals surface area (Å²) < 4.78 is 64.5. The number of sulfone groups is 1. The summed E-state index contributed by atoms with van der Waals surface area (Å²) in [6.07, 6.45) is -3.37. The predicted molar refractivity (Wildman–Crippen MR) is 111 cm³/mol. The van der Waals surface area contributed by atoms with Gasteiger partial charge < -0.3 is 0 Å². The molecule has 152 valence electrons. The molecular weight excluding hydrogens is 411 g/mol. The number of nitrogens with zero attached hydrogens (tertiary/aromatic N) is 1. The van der Waals surface area contributed by atoms with Gasteiger partial charge in [0, 0.05) is 22.8 Å². The molecule has 0 amide bonds. The summed E-state index contributed by atoms with van der Waals surface area (Å²) in [4.78, 5) is 4.47. The fraction of sp³-hybridized carbons (Fsp3) is 0.0870. The van der Waals surface area contributed by atoms with Crippen LogP contribution >= 0.6 is 0 Å². The van der Waals surface area contributed by atoms with Gasteiger partial charge in [-0.15, -0.1) is 0 Å². The van der Waals surface area contributed by atoms with Crippen molar-refractivity contribution in [2.45, 2.75) is 11.1 Å². The van der Waals surface area contributed by atoms with Crippen LogP contribution in [0.25, 0.3) is 33.3 Å². The van der Waals surface area contributed by atoms with Gasteiger partial charge in [0.1, 0.15) is 0 Å². The Morgan fingerprint density at radius 3 is 2.23 bits per heavy atom. The molecule has 0 radical (unpaired) electrons. The normalized spacial score (nSPS) is 12.3. The number of para-hydroxylation sites is 1. The summed E-state index contributed by atoms with van der Waals surface area (Å²) in [6.45, 7) is 0. The largest absolute Gasteiger partial charge is 0.418 e. The molecule has 7 heteroatoms. The van der Waals surface area contributed by atoms with Crippen LogP contribution < -0.4 is 0 Å². The molecule has 0 N–H and O–H groups in total. The molecule has 4 rings (SSSR count). The van der Waals surface area contributed by atoms with Crippen LogP contribution in [0.1, 0.15) is 5.56 Å². The highest BCUT2D eigenvalue weighted by atomic mass is 32.2. The van der Waals surface area contributed by atoms with Gasteiger partial charge in [0.15, 0.2) is 9.84 Å². The smallest absolute Gasteiger partial charge is 0.247 e. The van der Waals surface area contributed by atoms with Gasteiger partial charge in [-0.05, 0) is 29.8 Å². The minimum absolute atomic E-state index is 0.121. The Labute approximate surface area is 171 Å². The highest BCUT2D eigenvalue weighted by molar-refractivity contribution is 7.90. The topological polar surface area (TPSA) is 47.0 Å². The van der Waals surface area contributed by atoms with Gasteiger partial charge in [-0.3, -0.25) is 0 Å². The second-order valence-corrected chi connectivity index (χ2v) is 8.90. The van der Waals surface area contributed by atoms with E-state index in [1.54, 1.807) is 60.7 Å². The van der Waals surface area contributed by atoms with Crippen molar-refractivity contribution in [1.82, 2.24) is 4.98 Å². The summed E-state index contributed by atoms with van der Waals surface area (Å²) >= 11 is 0. The van der Waals surface area contributed by atoms with Gasteiger partial charge in [-0.1, -0.05) is 54.6 Å². The summed E-state index contributed by atoms with van der Waals surface area (Å²) in [5.74, 6) is 0. The first-order valence-corrected chi connectivity index (χ1v) is 10.9. The van der Waals surface area contributed by atoms with E-state index in [4.69, 9.17) is 0 Å². The minimum atomic E-state index is -4.51. The summed E-state index contributed by atoms with van der Waals surface area (Å²) in [6, 6.07) is 20.8. The lowest BCUT2D eigenvalue weighted by molar-refractivity contribution is -0.136. The Bertz CT molecular complexity index is 1360. The molecule has 3 nitrogen and oxygen atoms in total. The molecule has 0 unspecified atom stereocenters. The van der Waals surface area contributed by atoms with Gasteiger partial charge in [0.2, 0.25) is 0 Å². The second kappa shape index (κ2) is 7.25. The lowest BCUT2D eigenvalue weighted by Crippen LogP contribution is -2.06. The molecule has 0 spiro atoms. The minimum Gasteiger partial charge on any atom is -0.247 e. The average molecular weight is 427 g/mol. The zero-order valence-corrected chi connectivity index (χ0v) is 16.6. The highest BCUT2D eigenvalue weighted by Crippen LogP contribution is 2.35. The van der Waals surface area contributed by atoms with Crippen LogP contribution in [0.5, 0.6) is 0 Å².